The van der Waals surface area contributed by atoms with Crippen molar-refractivity contribution < 1.29 is 4.79 Å². The van der Waals surface area contributed by atoms with Gasteiger partial charge in [0, 0.05) is 31.4 Å². The zero-order valence-electron chi connectivity index (χ0n) is 15.9. The van der Waals surface area contributed by atoms with E-state index in [2.05, 4.69) is 25.2 Å². The molecule has 2 aliphatic rings. The second-order valence-electron chi connectivity index (χ2n) is 8.09. The van der Waals surface area contributed by atoms with E-state index >= 15 is 0 Å². The number of carbonyl (C=O) groups is 1. The highest BCUT2D eigenvalue weighted by molar-refractivity contribution is 5.94. The molecule has 1 saturated heterocycles. The number of anilines is 2. The van der Waals surface area contributed by atoms with Crippen LogP contribution in [0.3, 0.4) is 0 Å². The van der Waals surface area contributed by atoms with Gasteiger partial charge in [0.25, 0.3) is 0 Å². The topological polar surface area (TPSA) is 73.9 Å². The van der Waals surface area contributed by atoms with Crippen LogP contribution in [0.15, 0.2) is 48.9 Å². The monoisotopic (exact) mass is 375 g/mol. The van der Waals surface area contributed by atoms with Crippen LogP contribution in [0.4, 0.5) is 11.5 Å². The number of ketones is 1. The lowest BCUT2D eigenvalue weighted by atomic mass is 9.90. The van der Waals surface area contributed by atoms with E-state index in [0.29, 0.717) is 18.1 Å². The van der Waals surface area contributed by atoms with Crippen molar-refractivity contribution in [1.29, 1.82) is 0 Å². The number of H-pyrrole nitrogens is 1. The molecule has 3 heterocycles. The Labute approximate surface area is 164 Å². The summed E-state index contributed by atoms with van der Waals surface area (Å²) >= 11 is 0. The molecule has 5 rings (SSSR count). The Bertz CT molecular complexity index is 979. The molecule has 6 nitrogen and oxygen atoms in total. The van der Waals surface area contributed by atoms with Gasteiger partial charge in [-0.1, -0.05) is 18.2 Å². The molecule has 2 N–H and O–H groups in total. The molecule has 6 heteroatoms. The van der Waals surface area contributed by atoms with Gasteiger partial charge in [0.2, 0.25) is 0 Å². The fourth-order valence-electron chi connectivity index (χ4n) is 4.39. The predicted molar refractivity (Wildman–Crippen MR) is 110 cm³/mol. The van der Waals surface area contributed by atoms with E-state index in [1.54, 1.807) is 6.33 Å². The van der Waals surface area contributed by atoms with Gasteiger partial charge in [-0.2, -0.15) is 0 Å². The van der Waals surface area contributed by atoms with Crippen molar-refractivity contribution in [3.05, 3.63) is 48.9 Å². The first kappa shape index (κ1) is 17.2. The van der Waals surface area contributed by atoms with E-state index in [4.69, 9.17) is 0 Å². The molecule has 3 aromatic rings. The van der Waals surface area contributed by atoms with E-state index in [9.17, 15) is 4.79 Å². The lowest BCUT2D eigenvalue weighted by molar-refractivity contribution is -0.121. The molecule has 1 saturated carbocycles. The summed E-state index contributed by atoms with van der Waals surface area (Å²) in [4.78, 5) is 27.4. The molecule has 0 bridgehead atoms. The van der Waals surface area contributed by atoms with Gasteiger partial charge in [-0.25, -0.2) is 9.97 Å². The second kappa shape index (κ2) is 6.93. The van der Waals surface area contributed by atoms with Crippen molar-refractivity contribution >= 4 is 28.3 Å². The van der Waals surface area contributed by atoms with Crippen LogP contribution in [-0.2, 0) is 4.79 Å². The van der Waals surface area contributed by atoms with E-state index in [1.165, 1.54) is 0 Å². The van der Waals surface area contributed by atoms with E-state index < -0.39 is 0 Å². The maximum Gasteiger partial charge on any atom is 0.158 e. The quantitative estimate of drug-likeness (QED) is 0.686. The summed E-state index contributed by atoms with van der Waals surface area (Å²) in [5, 5.41) is 4.55. The van der Waals surface area contributed by atoms with Crippen LogP contribution in [-0.4, -0.2) is 39.4 Å². The van der Waals surface area contributed by atoms with Crippen molar-refractivity contribution in [2.45, 2.75) is 37.6 Å². The Balaban J connectivity index is 1.27. The first-order chi connectivity index (χ1) is 13.7. The van der Waals surface area contributed by atoms with Crippen molar-refractivity contribution in [2.75, 3.05) is 23.3 Å². The van der Waals surface area contributed by atoms with Crippen LogP contribution in [0, 0.1) is 5.92 Å². The largest absolute Gasteiger partial charge is 0.373 e. The van der Waals surface area contributed by atoms with Crippen molar-refractivity contribution in [1.82, 2.24) is 15.0 Å². The van der Waals surface area contributed by atoms with Gasteiger partial charge in [0.1, 0.15) is 17.8 Å². The number of benzene rings is 1. The summed E-state index contributed by atoms with van der Waals surface area (Å²) < 4.78 is 0. The van der Waals surface area contributed by atoms with Gasteiger partial charge in [0.15, 0.2) is 5.78 Å². The van der Waals surface area contributed by atoms with E-state index in [-0.39, 0.29) is 5.54 Å². The summed E-state index contributed by atoms with van der Waals surface area (Å²) in [6.45, 7) is 1.86. The van der Waals surface area contributed by atoms with Gasteiger partial charge in [-0.15, -0.1) is 0 Å². The number of fused-ring (bicyclic) bond motifs is 1. The van der Waals surface area contributed by atoms with Crippen molar-refractivity contribution in [3.63, 3.8) is 0 Å². The first-order valence-electron chi connectivity index (χ1n) is 10.1. The Morgan fingerprint density at radius 3 is 2.89 bits per heavy atom. The molecular formula is C22H25N5O. The third-order valence-electron chi connectivity index (χ3n) is 6.07. The van der Waals surface area contributed by atoms with Crippen LogP contribution in [0.25, 0.3) is 11.0 Å². The molecular weight excluding hydrogens is 350 g/mol. The SMILES string of the molecule is O=C(C[C@@H]1CCCN(c2ncnc3[nH]ccc23)C1)C1(Nc2ccccc2)CC1. The molecule has 144 valence electrons. The molecule has 0 radical (unpaired) electrons. The summed E-state index contributed by atoms with van der Waals surface area (Å²) in [5.74, 6) is 1.71. The van der Waals surface area contributed by atoms with Gasteiger partial charge in [-0.05, 0) is 49.8 Å². The third kappa shape index (κ3) is 3.23. The van der Waals surface area contributed by atoms with Crippen molar-refractivity contribution in [3.8, 4) is 0 Å². The summed E-state index contributed by atoms with van der Waals surface area (Å²) in [7, 11) is 0. The van der Waals surface area contributed by atoms with Crippen LogP contribution < -0.4 is 10.2 Å². The number of nitrogens with one attached hydrogen (secondary N) is 2. The molecule has 1 aromatic carbocycles. The number of nitrogens with zero attached hydrogens (tertiary/aromatic N) is 3. The molecule has 2 aromatic heterocycles. The minimum atomic E-state index is -0.341. The average molecular weight is 375 g/mol. The van der Waals surface area contributed by atoms with E-state index in [0.717, 1.165) is 61.3 Å². The highest BCUT2D eigenvalue weighted by Crippen LogP contribution is 2.42. The highest BCUT2D eigenvalue weighted by atomic mass is 16.1. The number of Topliss-reactive ketones (excluding diaryl/α,β-unsaturated/α-hetero) is 1. The van der Waals surface area contributed by atoms with Gasteiger partial charge >= 0.3 is 0 Å². The Morgan fingerprint density at radius 2 is 2.07 bits per heavy atom. The highest BCUT2D eigenvalue weighted by Gasteiger charge is 2.49. The number of para-hydroxylation sites is 1. The van der Waals surface area contributed by atoms with Crippen LogP contribution in [0.2, 0.25) is 0 Å². The molecule has 1 atom stereocenters. The fraction of sp³-hybridized carbons (Fsp3) is 0.409. The fourth-order valence-corrected chi connectivity index (χ4v) is 4.39. The predicted octanol–water partition coefficient (Wildman–Crippen LogP) is 3.78. The number of aromatic amines is 1. The zero-order chi connectivity index (χ0) is 19.0. The summed E-state index contributed by atoms with van der Waals surface area (Å²) in [6.07, 6.45) is 8.22. The molecule has 0 spiro atoms. The van der Waals surface area contributed by atoms with Gasteiger partial charge < -0.3 is 15.2 Å². The minimum absolute atomic E-state index is 0.341. The van der Waals surface area contributed by atoms with E-state index in [1.807, 2.05) is 42.6 Å². The number of rotatable bonds is 6. The van der Waals surface area contributed by atoms with Crippen LogP contribution in [0.5, 0.6) is 0 Å². The van der Waals surface area contributed by atoms with Crippen LogP contribution >= 0.6 is 0 Å². The lowest BCUT2D eigenvalue weighted by Gasteiger charge is -2.34. The first-order valence-corrected chi connectivity index (χ1v) is 10.1. The molecule has 28 heavy (non-hydrogen) atoms. The minimum Gasteiger partial charge on any atom is -0.373 e. The molecule has 0 amide bonds. The van der Waals surface area contributed by atoms with Gasteiger partial charge in [-0.3, -0.25) is 4.79 Å². The summed E-state index contributed by atoms with van der Waals surface area (Å²) in [6, 6.07) is 12.1. The standard InChI is InChI=1S/C22H25N5O/c28-19(22(9-10-22)26-17-6-2-1-3-7-17)13-16-5-4-12-27(14-16)21-18-8-11-23-20(18)24-15-25-21/h1-3,6-8,11,15-16,26H,4-5,9-10,12-14H2,(H,23,24,25)/t16-/m0/s1. The number of carbonyl (C=O) groups excluding carboxylic acids is 1. The number of piperidine rings is 1. The van der Waals surface area contributed by atoms with Crippen LogP contribution in [0.1, 0.15) is 32.1 Å². The maximum absolute atomic E-state index is 13.1. The third-order valence-corrected chi connectivity index (χ3v) is 6.07. The van der Waals surface area contributed by atoms with Crippen molar-refractivity contribution in [2.24, 2.45) is 5.92 Å². The molecule has 1 aliphatic carbocycles. The smallest absolute Gasteiger partial charge is 0.158 e. The maximum atomic E-state index is 13.1. The normalized spacial score (nSPS) is 20.9. The Morgan fingerprint density at radius 1 is 1.21 bits per heavy atom. The molecule has 0 unspecified atom stereocenters. The number of aromatic nitrogens is 3. The Kier molecular flexibility index (Phi) is 4.26. The Hall–Kier alpha value is -2.89. The van der Waals surface area contributed by atoms with Gasteiger partial charge in [0.05, 0.1) is 10.9 Å². The summed E-state index contributed by atoms with van der Waals surface area (Å²) in [5.41, 5.74) is 1.56. The number of hydrogen-bond acceptors (Lipinski definition) is 5. The second-order valence-corrected chi connectivity index (χ2v) is 8.09. The number of hydrogen-bond donors (Lipinski definition) is 2. The zero-order valence-corrected chi connectivity index (χ0v) is 15.9. The molecule has 1 aliphatic heterocycles. The lowest BCUT2D eigenvalue weighted by Crippen LogP contribution is -2.40. The molecule has 2 fully saturated rings. The average Bonchev–Trinajstić information content (AvgIpc) is 3.34.